The van der Waals surface area contributed by atoms with Crippen LogP contribution in [0.4, 0.5) is 0 Å². The maximum absolute atomic E-state index is 10.7. The molecule has 3 saturated heterocycles. The van der Waals surface area contributed by atoms with E-state index in [2.05, 4.69) is 6.58 Å². The van der Waals surface area contributed by atoms with Gasteiger partial charge in [0.1, 0.15) is 0 Å². The van der Waals surface area contributed by atoms with Gasteiger partial charge in [0.25, 0.3) is 0 Å². The van der Waals surface area contributed by atoms with Crippen molar-refractivity contribution in [2.45, 2.75) is 12.4 Å². The van der Waals surface area contributed by atoms with E-state index in [4.69, 9.17) is 13.6 Å². The van der Waals surface area contributed by atoms with Crippen molar-refractivity contribution in [3.8, 4) is 0 Å². The second-order valence-corrected chi connectivity index (χ2v) is 3.71. The van der Waals surface area contributed by atoms with Gasteiger partial charge < -0.3 is 0 Å². The molecule has 0 aliphatic carbocycles. The molecule has 0 aromatic rings. The second-order valence-electron chi connectivity index (χ2n) is 2.27. The Morgan fingerprint density at radius 3 is 2.55 bits per heavy atom. The van der Waals surface area contributed by atoms with Crippen LogP contribution in [0.25, 0.3) is 0 Å². The van der Waals surface area contributed by atoms with E-state index < -0.39 is 13.8 Å². The Labute approximate surface area is 64.1 Å². The van der Waals surface area contributed by atoms with Crippen LogP contribution in [0.2, 0.25) is 0 Å². The zero-order chi connectivity index (χ0) is 7.95. The Hall–Kier alpha value is -0.410. The highest BCUT2D eigenvalue weighted by atomic mass is 31.2. The minimum Gasteiger partial charge on any atom is -0.227 e. The summed E-state index contributed by atoms with van der Waals surface area (Å²) in [4.78, 5) is 0. The molecule has 0 spiro atoms. The normalized spacial score (nSPS) is 46.5. The van der Waals surface area contributed by atoms with Gasteiger partial charge in [-0.05, 0) is 0 Å². The Balaban J connectivity index is 1.86. The van der Waals surface area contributed by atoms with Gasteiger partial charge in [0.2, 0.25) is 0 Å². The first-order chi connectivity index (χ1) is 5.18. The highest BCUT2D eigenvalue weighted by Gasteiger charge is 2.73. The minimum absolute atomic E-state index is 0.447. The number of hydrogen-bond acceptors (Lipinski definition) is 4. The van der Waals surface area contributed by atoms with E-state index >= 15 is 0 Å². The third-order valence-corrected chi connectivity index (χ3v) is 2.90. The van der Waals surface area contributed by atoms with Gasteiger partial charge >= 0.3 is 13.8 Å². The summed E-state index contributed by atoms with van der Waals surface area (Å²) < 4.78 is 25.0. The average molecular weight is 174 g/mol. The van der Waals surface area contributed by atoms with E-state index in [9.17, 15) is 4.57 Å². The lowest BCUT2D eigenvalue weighted by Gasteiger charge is -2.54. The van der Waals surface area contributed by atoms with Crippen molar-refractivity contribution in [1.82, 2.24) is 0 Å². The van der Waals surface area contributed by atoms with Gasteiger partial charge in [-0.3, -0.25) is 0 Å². The van der Waals surface area contributed by atoms with Gasteiger partial charge in [0, 0.05) is 6.42 Å². The van der Waals surface area contributed by atoms with E-state index in [-0.39, 0.29) is 0 Å². The maximum atomic E-state index is 10.7. The van der Waals surface area contributed by atoms with Crippen LogP contribution in [0.1, 0.15) is 6.42 Å². The SMILES string of the molecule is C=C/C=C/CC12OP(=O)(O1)O2. The Kier molecular flexibility index (Phi) is 1.35. The highest BCUT2D eigenvalue weighted by Crippen LogP contribution is 2.80. The Morgan fingerprint density at radius 1 is 1.45 bits per heavy atom. The summed E-state index contributed by atoms with van der Waals surface area (Å²) in [7, 11) is -3.00. The Morgan fingerprint density at radius 2 is 2.09 bits per heavy atom. The van der Waals surface area contributed by atoms with E-state index in [1.54, 1.807) is 18.2 Å². The molecular formula is C6H7O4P. The molecule has 3 heterocycles. The molecule has 3 aliphatic heterocycles. The van der Waals surface area contributed by atoms with Crippen molar-refractivity contribution in [3.05, 3.63) is 24.8 Å². The molecule has 3 aliphatic rings. The molecular weight excluding hydrogens is 167 g/mol. The van der Waals surface area contributed by atoms with Gasteiger partial charge in [-0.2, -0.15) is 0 Å². The summed E-state index contributed by atoms with van der Waals surface area (Å²) in [6.07, 6.45) is 5.60. The standard InChI is InChI=1S/C6H7O4P/c1-2-3-4-5-6-8-11(7,9-6)10-6/h2-4H,1,5H2/b4-3+. The third-order valence-electron chi connectivity index (χ3n) is 1.39. The van der Waals surface area contributed by atoms with Crippen LogP contribution in [-0.4, -0.2) is 5.97 Å². The first-order valence-electron chi connectivity index (χ1n) is 3.18. The molecule has 0 aromatic heterocycles. The average Bonchev–Trinajstić information content (AvgIpc) is 1.82. The first-order valence-corrected chi connectivity index (χ1v) is 4.64. The van der Waals surface area contributed by atoms with Crippen molar-refractivity contribution in [3.63, 3.8) is 0 Å². The third kappa shape index (κ3) is 0.993. The summed E-state index contributed by atoms with van der Waals surface area (Å²) >= 11 is 0. The maximum Gasteiger partial charge on any atom is 0.488 e. The molecule has 3 rings (SSSR count). The van der Waals surface area contributed by atoms with E-state index in [1.807, 2.05) is 0 Å². The quantitative estimate of drug-likeness (QED) is 0.484. The smallest absolute Gasteiger partial charge is 0.227 e. The lowest BCUT2D eigenvalue weighted by molar-refractivity contribution is -0.425. The lowest BCUT2D eigenvalue weighted by atomic mass is 10.3. The van der Waals surface area contributed by atoms with E-state index in [0.717, 1.165) is 0 Å². The summed E-state index contributed by atoms with van der Waals surface area (Å²) in [5.41, 5.74) is 0. The molecule has 0 N–H and O–H groups in total. The summed E-state index contributed by atoms with van der Waals surface area (Å²) in [5.74, 6) is -1.02. The van der Waals surface area contributed by atoms with Crippen LogP contribution in [0.3, 0.4) is 0 Å². The molecule has 2 bridgehead atoms. The molecule has 5 heteroatoms. The molecule has 0 atom stereocenters. The fraction of sp³-hybridized carbons (Fsp3) is 0.333. The topological polar surface area (TPSA) is 44.8 Å². The van der Waals surface area contributed by atoms with Crippen molar-refractivity contribution in [2.24, 2.45) is 0 Å². The Bertz CT molecular complexity index is 243. The molecule has 0 saturated carbocycles. The minimum atomic E-state index is -3.00. The molecule has 4 nitrogen and oxygen atoms in total. The molecule has 11 heavy (non-hydrogen) atoms. The highest BCUT2D eigenvalue weighted by molar-refractivity contribution is 7.51. The number of phosphoric ester groups is 1. The molecule has 0 radical (unpaired) electrons. The molecule has 0 aromatic carbocycles. The monoisotopic (exact) mass is 174 g/mol. The van der Waals surface area contributed by atoms with Gasteiger partial charge in [0.15, 0.2) is 0 Å². The predicted molar refractivity (Wildman–Crippen MR) is 37.5 cm³/mol. The van der Waals surface area contributed by atoms with Crippen molar-refractivity contribution < 1.29 is 18.1 Å². The van der Waals surface area contributed by atoms with Crippen LogP contribution in [-0.2, 0) is 18.1 Å². The summed E-state index contributed by atoms with van der Waals surface area (Å²) in [6.45, 7) is 3.49. The van der Waals surface area contributed by atoms with Crippen molar-refractivity contribution in [1.29, 1.82) is 0 Å². The largest absolute Gasteiger partial charge is 0.488 e. The van der Waals surface area contributed by atoms with Crippen LogP contribution < -0.4 is 0 Å². The molecule has 60 valence electrons. The van der Waals surface area contributed by atoms with Gasteiger partial charge in [-0.25, -0.2) is 18.1 Å². The molecule has 0 unspecified atom stereocenters. The van der Waals surface area contributed by atoms with Crippen molar-refractivity contribution >= 4 is 7.82 Å². The number of allylic oxidation sites excluding steroid dienone is 2. The van der Waals surface area contributed by atoms with Gasteiger partial charge in [-0.15, -0.1) is 0 Å². The lowest BCUT2D eigenvalue weighted by Crippen LogP contribution is -2.56. The number of hydrogen-bond donors (Lipinski definition) is 0. The fourth-order valence-electron chi connectivity index (χ4n) is 0.952. The van der Waals surface area contributed by atoms with Crippen LogP contribution in [0, 0.1) is 0 Å². The zero-order valence-electron chi connectivity index (χ0n) is 5.73. The summed E-state index contributed by atoms with van der Waals surface area (Å²) in [5, 5.41) is 0. The van der Waals surface area contributed by atoms with Crippen molar-refractivity contribution in [2.75, 3.05) is 0 Å². The molecule has 3 fully saturated rings. The van der Waals surface area contributed by atoms with E-state index in [0.29, 0.717) is 6.42 Å². The first kappa shape index (κ1) is 7.25. The van der Waals surface area contributed by atoms with Crippen LogP contribution >= 0.6 is 7.82 Å². The number of rotatable bonds is 3. The summed E-state index contributed by atoms with van der Waals surface area (Å²) in [6, 6.07) is 0. The molecule has 0 amide bonds. The van der Waals surface area contributed by atoms with Crippen LogP contribution in [0.5, 0.6) is 0 Å². The van der Waals surface area contributed by atoms with Crippen LogP contribution in [0.15, 0.2) is 24.8 Å². The van der Waals surface area contributed by atoms with Gasteiger partial charge in [-0.1, -0.05) is 24.8 Å². The van der Waals surface area contributed by atoms with Gasteiger partial charge in [0.05, 0.1) is 0 Å². The number of phosphoric acid groups is 1. The fourth-order valence-corrected chi connectivity index (χ4v) is 2.24. The van der Waals surface area contributed by atoms with E-state index in [1.165, 1.54) is 0 Å². The zero-order valence-corrected chi connectivity index (χ0v) is 6.62. The predicted octanol–water partition coefficient (Wildman–Crippen LogP) is 1.96. The second kappa shape index (κ2) is 2.05.